The van der Waals surface area contributed by atoms with Crippen molar-refractivity contribution >= 4 is 0 Å². The van der Waals surface area contributed by atoms with Gasteiger partial charge in [0.25, 0.3) is 0 Å². The summed E-state index contributed by atoms with van der Waals surface area (Å²) in [5.41, 5.74) is 2.83. The molecule has 1 nitrogen and oxygen atoms in total. The molecule has 0 amide bonds. The molecule has 0 radical (unpaired) electrons. The van der Waals surface area contributed by atoms with Crippen molar-refractivity contribution in [3.63, 3.8) is 0 Å². The SMILES string of the molecule is CC(C)=CC1(O)CCc2ccccc21. The van der Waals surface area contributed by atoms with Gasteiger partial charge < -0.3 is 5.11 Å². The first-order chi connectivity index (χ1) is 6.62. The van der Waals surface area contributed by atoms with Crippen LogP contribution in [0.25, 0.3) is 0 Å². The van der Waals surface area contributed by atoms with Crippen LogP contribution in [-0.4, -0.2) is 5.11 Å². The summed E-state index contributed by atoms with van der Waals surface area (Å²) in [6.45, 7) is 4.05. The standard InChI is InChI=1S/C13H16O/c1-10(2)9-13(14)8-7-11-5-3-4-6-12(11)13/h3-6,9,14H,7-8H2,1-2H3. The van der Waals surface area contributed by atoms with Crippen LogP contribution in [0.1, 0.15) is 31.4 Å². The van der Waals surface area contributed by atoms with E-state index in [1.807, 2.05) is 38.1 Å². The molecule has 1 aromatic rings. The first-order valence-corrected chi connectivity index (χ1v) is 5.09. The molecule has 0 spiro atoms. The van der Waals surface area contributed by atoms with E-state index in [9.17, 15) is 5.11 Å². The first kappa shape index (κ1) is 9.47. The number of aryl methyl sites for hydroxylation is 1. The summed E-state index contributed by atoms with van der Waals surface area (Å²) < 4.78 is 0. The fraction of sp³-hybridized carbons (Fsp3) is 0.385. The van der Waals surface area contributed by atoms with Gasteiger partial charge in [0.15, 0.2) is 0 Å². The number of fused-ring (bicyclic) bond motifs is 1. The summed E-state index contributed by atoms with van der Waals surface area (Å²) in [6, 6.07) is 8.16. The van der Waals surface area contributed by atoms with Crippen molar-refractivity contribution in [2.75, 3.05) is 0 Å². The minimum absolute atomic E-state index is 0.713. The highest BCUT2D eigenvalue weighted by molar-refractivity contribution is 5.40. The summed E-state index contributed by atoms with van der Waals surface area (Å²) in [7, 11) is 0. The fourth-order valence-corrected chi connectivity index (χ4v) is 2.25. The van der Waals surface area contributed by atoms with Gasteiger partial charge in [-0.05, 0) is 43.9 Å². The fourth-order valence-electron chi connectivity index (χ4n) is 2.25. The van der Waals surface area contributed by atoms with Gasteiger partial charge in [-0.3, -0.25) is 0 Å². The second-order valence-electron chi connectivity index (χ2n) is 4.30. The number of allylic oxidation sites excluding steroid dienone is 1. The van der Waals surface area contributed by atoms with Gasteiger partial charge >= 0.3 is 0 Å². The Bertz CT molecular complexity index is 375. The maximum atomic E-state index is 10.4. The van der Waals surface area contributed by atoms with Gasteiger partial charge in [-0.1, -0.05) is 29.8 Å². The van der Waals surface area contributed by atoms with Crippen molar-refractivity contribution in [3.8, 4) is 0 Å². The third-order valence-electron chi connectivity index (χ3n) is 2.79. The molecule has 1 heteroatoms. The predicted octanol–water partition coefficient (Wildman–Crippen LogP) is 2.79. The van der Waals surface area contributed by atoms with E-state index >= 15 is 0 Å². The number of hydrogen-bond donors (Lipinski definition) is 1. The Morgan fingerprint density at radius 3 is 2.79 bits per heavy atom. The molecule has 1 aliphatic carbocycles. The van der Waals surface area contributed by atoms with E-state index in [-0.39, 0.29) is 0 Å². The van der Waals surface area contributed by atoms with Crippen molar-refractivity contribution in [1.29, 1.82) is 0 Å². The number of rotatable bonds is 1. The van der Waals surface area contributed by atoms with Crippen LogP contribution in [0.4, 0.5) is 0 Å². The zero-order chi connectivity index (χ0) is 10.2. The Kier molecular flexibility index (Phi) is 2.20. The Hall–Kier alpha value is -1.08. The average molecular weight is 188 g/mol. The third kappa shape index (κ3) is 1.48. The van der Waals surface area contributed by atoms with Crippen LogP contribution >= 0.6 is 0 Å². The Morgan fingerprint density at radius 1 is 1.36 bits per heavy atom. The lowest BCUT2D eigenvalue weighted by Crippen LogP contribution is -2.19. The molecule has 0 aliphatic heterocycles. The van der Waals surface area contributed by atoms with Gasteiger partial charge in [-0.2, -0.15) is 0 Å². The number of aliphatic hydroxyl groups is 1. The zero-order valence-electron chi connectivity index (χ0n) is 8.75. The van der Waals surface area contributed by atoms with E-state index < -0.39 is 5.60 Å². The molecular weight excluding hydrogens is 172 g/mol. The normalized spacial score (nSPS) is 24.5. The number of hydrogen-bond acceptors (Lipinski definition) is 1. The molecule has 0 saturated carbocycles. The van der Waals surface area contributed by atoms with E-state index in [1.54, 1.807) is 0 Å². The average Bonchev–Trinajstić information content (AvgIpc) is 2.44. The maximum Gasteiger partial charge on any atom is 0.109 e. The van der Waals surface area contributed by atoms with E-state index in [2.05, 4.69) is 6.07 Å². The highest BCUT2D eigenvalue weighted by Gasteiger charge is 2.33. The highest BCUT2D eigenvalue weighted by Crippen LogP contribution is 2.38. The van der Waals surface area contributed by atoms with Gasteiger partial charge in [-0.25, -0.2) is 0 Å². The number of benzene rings is 1. The molecule has 1 aliphatic rings. The third-order valence-corrected chi connectivity index (χ3v) is 2.79. The Balaban J connectivity index is 2.47. The molecule has 1 atom stereocenters. The summed E-state index contributed by atoms with van der Waals surface area (Å²) >= 11 is 0. The highest BCUT2D eigenvalue weighted by atomic mass is 16.3. The van der Waals surface area contributed by atoms with Crippen molar-refractivity contribution < 1.29 is 5.11 Å². The molecule has 0 saturated heterocycles. The molecule has 0 heterocycles. The van der Waals surface area contributed by atoms with Crippen LogP contribution in [0.15, 0.2) is 35.9 Å². The summed E-state index contributed by atoms with van der Waals surface area (Å²) in [6.07, 6.45) is 3.77. The summed E-state index contributed by atoms with van der Waals surface area (Å²) in [5.74, 6) is 0. The smallest absolute Gasteiger partial charge is 0.109 e. The molecule has 0 bridgehead atoms. The van der Waals surface area contributed by atoms with Gasteiger partial charge in [0.1, 0.15) is 5.60 Å². The molecular formula is C13H16O. The molecule has 2 rings (SSSR count). The van der Waals surface area contributed by atoms with Crippen LogP contribution in [0, 0.1) is 0 Å². The lowest BCUT2D eigenvalue weighted by Gasteiger charge is -2.20. The largest absolute Gasteiger partial charge is 0.381 e. The van der Waals surface area contributed by atoms with Gasteiger partial charge in [0, 0.05) is 0 Å². The second kappa shape index (κ2) is 3.25. The minimum Gasteiger partial charge on any atom is -0.381 e. The molecule has 14 heavy (non-hydrogen) atoms. The molecule has 1 N–H and O–H groups in total. The molecule has 1 unspecified atom stereocenters. The van der Waals surface area contributed by atoms with Crippen LogP contribution in [0.5, 0.6) is 0 Å². The molecule has 1 aromatic carbocycles. The Morgan fingerprint density at radius 2 is 2.07 bits per heavy atom. The van der Waals surface area contributed by atoms with E-state index in [0.29, 0.717) is 0 Å². The van der Waals surface area contributed by atoms with Gasteiger partial charge in [-0.15, -0.1) is 0 Å². The zero-order valence-corrected chi connectivity index (χ0v) is 8.75. The van der Waals surface area contributed by atoms with E-state index in [1.165, 1.54) is 11.1 Å². The summed E-state index contributed by atoms with van der Waals surface area (Å²) in [4.78, 5) is 0. The van der Waals surface area contributed by atoms with Crippen LogP contribution in [-0.2, 0) is 12.0 Å². The molecule has 0 aromatic heterocycles. The van der Waals surface area contributed by atoms with Crippen molar-refractivity contribution in [2.24, 2.45) is 0 Å². The van der Waals surface area contributed by atoms with Crippen molar-refractivity contribution in [3.05, 3.63) is 47.0 Å². The minimum atomic E-state index is -0.713. The molecule has 74 valence electrons. The quantitative estimate of drug-likeness (QED) is 0.672. The van der Waals surface area contributed by atoms with Crippen LogP contribution < -0.4 is 0 Å². The van der Waals surface area contributed by atoms with Crippen molar-refractivity contribution in [2.45, 2.75) is 32.3 Å². The topological polar surface area (TPSA) is 20.2 Å². The van der Waals surface area contributed by atoms with E-state index in [4.69, 9.17) is 0 Å². The van der Waals surface area contributed by atoms with Gasteiger partial charge in [0.05, 0.1) is 0 Å². The van der Waals surface area contributed by atoms with E-state index in [0.717, 1.165) is 18.4 Å². The lowest BCUT2D eigenvalue weighted by atomic mass is 9.94. The van der Waals surface area contributed by atoms with Crippen LogP contribution in [0.2, 0.25) is 0 Å². The Labute approximate surface area is 85.1 Å². The summed E-state index contributed by atoms with van der Waals surface area (Å²) in [5, 5.41) is 10.4. The second-order valence-corrected chi connectivity index (χ2v) is 4.30. The first-order valence-electron chi connectivity index (χ1n) is 5.09. The van der Waals surface area contributed by atoms with Crippen LogP contribution in [0.3, 0.4) is 0 Å². The maximum absolute atomic E-state index is 10.4. The van der Waals surface area contributed by atoms with Gasteiger partial charge in [0.2, 0.25) is 0 Å². The lowest BCUT2D eigenvalue weighted by molar-refractivity contribution is 0.0908. The van der Waals surface area contributed by atoms with Crippen molar-refractivity contribution in [1.82, 2.24) is 0 Å². The monoisotopic (exact) mass is 188 g/mol. The molecule has 0 fully saturated rings. The predicted molar refractivity (Wildman–Crippen MR) is 58.1 cm³/mol.